The number of ether oxygens (including phenoxy) is 2. The van der Waals surface area contributed by atoms with Crippen LogP contribution in [0, 0.1) is 11.8 Å². The molecule has 1 rings (SSSR count). The Morgan fingerprint density at radius 1 is 0.758 bits per heavy atom. The minimum atomic E-state index is -6.04. The molecule has 15 heteroatoms. The van der Waals surface area contributed by atoms with Gasteiger partial charge in [-0.3, -0.25) is 0 Å². The van der Waals surface area contributed by atoms with Crippen molar-refractivity contribution in [3.63, 3.8) is 0 Å². The normalized spacial score (nSPS) is 23.0. The molecule has 0 aromatic carbocycles. The summed E-state index contributed by atoms with van der Waals surface area (Å²) >= 11 is 0. The molecule has 1 fully saturated rings. The molecule has 1 N–H and O–H groups in total. The molecular weight excluding hydrogens is 492 g/mol. The highest BCUT2D eigenvalue weighted by Crippen LogP contribution is 2.52. The molecule has 0 saturated heterocycles. The van der Waals surface area contributed by atoms with E-state index < -0.39 is 92.7 Å². The third kappa shape index (κ3) is 6.19. The van der Waals surface area contributed by atoms with Crippen molar-refractivity contribution in [2.75, 3.05) is 6.79 Å². The summed E-state index contributed by atoms with van der Waals surface area (Å²) in [5.74, 6) is -3.36. The molecule has 198 valence electrons. The monoisotopic (exact) mass is 516 g/mol. The van der Waals surface area contributed by atoms with Crippen LogP contribution in [-0.2, 0) is 9.47 Å². The van der Waals surface area contributed by atoms with Crippen molar-refractivity contribution in [2.24, 2.45) is 11.8 Å². The highest BCUT2D eigenvalue weighted by Gasteiger charge is 2.74. The van der Waals surface area contributed by atoms with Crippen molar-refractivity contribution in [1.82, 2.24) is 0 Å². The van der Waals surface area contributed by atoms with Crippen LogP contribution in [0.2, 0.25) is 0 Å². The third-order valence-corrected chi connectivity index (χ3v) is 5.99. The third-order valence-electron chi connectivity index (χ3n) is 5.99. The molecule has 1 saturated carbocycles. The van der Waals surface area contributed by atoms with Gasteiger partial charge in [-0.1, -0.05) is 20.3 Å². The summed E-state index contributed by atoms with van der Waals surface area (Å²) in [6.07, 6.45) is -29.5. The zero-order chi connectivity index (χ0) is 26.1. The van der Waals surface area contributed by atoms with Gasteiger partial charge in [-0.25, -0.2) is 0 Å². The summed E-state index contributed by atoms with van der Waals surface area (Å²) in [6, 6.07) is 0. The predicted octanol–water partition coefficient (Wildman–Crippen LogP) is 6.69. The number of alkyl halides is 12. The number of rotatable bonds is 8. The van der Waals surface area contributed by atoms with Gasteiger partial charge >= 0.3 is 24.7 Å². The molecule has 1 aliphatic carbocycles. The minimum Gasteiger partial charge on any atom is -0.373 e. The maximum atomic E-state index is 13.4. The smallest absolute Gasteiger partial charge is 0.373 e. The van der Waals surface area contributed by atoms with Crippen LogP contribution in [0.15, 0.2) is 0 Å². The van der Waals surface area contributed by atoms with Crippen LogP contribution in [0.5, 0.6) is 0 Å². The van der Waals surface area contributed by atoms with Crippen molar-refractivity contribution in [3.8, 4) is 0 Å². The van der Waals surface area contributed by atoms with Gasteiger partial charge < -0.3 is 14.6 Å². The first-order chi connectivity index (χ1) is 14.6. The van der Waals surface area contributed by atoms with Gasteiger partial charge in [-0.15, -0.1) is 0 Å². The van der Waals surface area contributed by atoms with E-state index in [9.17, 15) is 57.8 Å². The number of hydrogen-bond acceptors (Lipinski definition) is 3. The largest absolute Gasteiger partial charge is 0.426 e. The summed E-state index contributed by atoms with van der Waals surface area (Å²) in [5, 5.41) is 9.40. The van der Waals surface area contributed by atoms with Gasteiger partial charge in [0.1, 0.15) is 6.79 Å². The lowest BCUT2D eigenvalue weighted by atomic mass is 9.75. The van der Waals surface area contributed by atoms with Crippen molar-refractivity contribution < 1.29 is 67.3 Å². The SMILES string of the molecule is CCC(C)CC(OCOC1CCC(C(O)(C(F)(F)F)C(F)(F)F)CC1)(C(F)(F)F)C(F)(F)F. The van der Waals surface area contributed by atoms with E-state index in [1.165, 1.54) is 6.92 Å². The number of halogens is 12. The van der Waals surface area contributed by atoms with Gasteiger partial charge in [0, 0.05) is 5.92 Å². The Bertz CT molecular complexity index is 587. The molecule has 0 radical (unpaired) electrons. The van der Waals surface area contributed by atoms with E-state index in [2.05, 4.69) is 4.74 Å². The van der Waals surface area contributed by atoms with Crippen LogP contribution < -0.4 is 0 Å². The topological polar surface area (TPSA) is 38.7 Å². The Morgan fingerprint density at radius 3 is 1.52 bits per heavy atom. The lowest BCUT2D eigenvalue weighted by Gasteiger charge is -2.42. The van der Waals surface area contributed by atoms with Crippen LogP contribution in [0.1, 0.15) is 52.4 Å². The molecule has 0 aliphatic heterocycles. The molecule has 0 aromatic heterocycles. The Kier molecular flexibility index (Phi) is 9.07. The minimum absolute atomic E-state index is 0.0243. The fourth-order valence-corrected chi connectivity index (χ4v) is 3.75. The molecule has 33 heavy (non-hydrogen) atoms. The zero-order valence-corrected chi connectivity index (χ0v) is 17.5. The van der Waals surface area contributed by atoms with Crippen molar-refractivity contribution >= 4 is 0 Å². The molecule has 0 heterocycles. The second kappa shape index (κ2) is 9.96. The zero-order valence-electron chi connectivity index (χ0n) is 17.5. The molecular formula is C18H24F12O3. The maximum Gasteiger partial charge on any atom is 0.426 e. The Morgan fingerprint density at radius 2 is 1.18 bits per heavy atom. The highest BCUT2D eigenvalue weighted by atomic mass is 19.4. The fourth-order valence-electron chi connectivity index (χ4n) is 3.75. The van der Waals surface area contributed by atoms with E-state index in [1.807, 2.05) is 0 Å². The average molecular weight is 516 g/mol. The molecule has 0 spiro atoms. The van der Waals surface area contributed by atoms with Gasteiger partial charge in [-0.2, -0.15) is 52.7 Å². The molecule has 0 bridgehead atoms. The van der Waals surface area contributed by atoms with E-state index in [4.69, 9.17) is 4.74 Å². The van der Waals surface area contributed by atoms with Crippen molar-refractivity contribution in [2.45, 2.75) is 94.4 Å². The summed E-state index contributed by atoms with van der Waals surface area (Å²) in [6.45, 7) is 0.994. The highest BCUT2D eigenvalue weighted by molar-refractivity contribution is 5.01. The molecule has 3 nitrogen and oxygen atoms in total. The first-order valence-corrected chi connectivity index (χ1v) is 9.88. The Balaban J connectivity index is 2.89. The van der Waals surface area contributed by atoms with E-state index in [0.29, 0.717) is 0 Å². The second-order valence-corrected chi connectivity index (χ2v) is 8.20. The van der Waals surface area contributed by atoms with Gasteiger partial charge in [0.25, 0.3) is 11.2 Å². The molecule has 1 atom stereocenters. The molecule has 0 amide bonds. The lowest BCUT2D eigenvalue weighted by Crippen LogP contribution is -2.62. The van der Waals surface area contributed by atoms with Crippen LogP contribution in [0.25, 0.3) is 0 Å². The maximum absolute atomic E-state index is 13.4. The average Bonchev–Trinajstić information content (AvgIpc) is 2.63. The fraction of sp³-hybridized carbons (Fsp3) is 1.00. The second-order valence-electron chi connectivity index (χ2n) is 8.20. The van der Waals surface area contributed by atoms with E-state index >= 15 is 0 Å². The van der Waals surface area contributed by atoms with Gasteiger partial charge in [0.15, 0.2) is 0 Å². The van der Waals surface area contributed by atoms with Gasteiger partial charge in [0.05, 0.1) is 6.10 Å². The lowest BCUT2D eigenvalue weighted by molar-refractivity contribution is -0.400. The van der Waals surface area contributed by atoms with Crippen molar-refractivity contribution in [1.29, 1.82) is 0 Å². The molecule has 0 aromatic rings. The standard InChI is InChI=1S/C18H24F12O3/c1-3-10(2)8-13(15(19,20)21,16(22,23)24)33-9-32-12-6-4-11(5-7-12)14(31,17(25,26)27)18(28,29)30/h10-12,31H,3-9H2,1-2H3. The molecule has 1 unspecified atom stereocenters. The number of hydrogen-bond donors (Lipinski definition) is 1. The first kappa shape index (κ1) is 30.1. The molecule has 1 aliphatic rings. The van der Waals surface area contributed by atoms with E-state index in [0.717, 1.165) is 6.92 Å². The Labute approximate surface area is 181 Å². The summed E-state index contributed by atoms with van der Waals surface area (Å²) in [7, 11) is 0. The van der Waals surface area contributed by atoms with Crippen molar-refractivity contribution in [3.05, 3.63) is 0 Å². The van der Waals surface area contributed by atoms with E-state index in [-0.39, 0.29) is 6.42 Å². The van der Waals surface area contributed by atoms with Gasteiger partial charge in [0.2, 0.25) is 0 Å². The van der Waals surface area contributed by atoms with Gasteiger partial charge in [-0.05, 0) is 38.0 Å². The summed E-state index contributed by atoms with van der Waals surface area (Å²) in [4.78, 5) is 0. The summed E-state index contributed by atoms with van der Waals surface area (Å²) < 4.78 is 167. The van der Waals surface area contributed by atoms with E-state index in [1.54, 1.807) is 0 Å². The summed E-state index contributed by atoms with van der Waals surface area (Å²) in [5.41, 5.74) is -9.56. The number of aliphatic hydroxyl groups is 1. The van der Waals surface area contributed by atoms with Crippen LogP contribution in [0.3, 0.4) is 0 Å². The van der Waals surface area contributed by atoms with Crippen LogP contribution in [-0.4, -0.2) is 53.9 Å². The first-order valence-electron chi connectivity index (χ1n) is 9.88. The predicted molar refractivity (Wildman–Crippen MR) is 88.8 cm³/mol. The Hall–Kier alpha value is -0.960. The quantitative estimate of drug-likeness (QED) is 0.289. The van der Waals surface area contributed by atoms with Crippen LogP contribution >= 0.6 is 0 Å². The van der Waals surface area contributed by atoms with Crippen LogP contribution in [0.4, 0.5) is 52.7 Å².